The maximum absolute atomic E-state index is 13.0. The Morgan fingerprint density at radius 1 is 0.538 bits per heavy atom. The van der Waals surface area contributed by atoms with Crippen molar-refractivity contribution < 1.29 is 39.8 Å². The molecule has 7 atom stereocenters. The van der Waals surface area contributed by atoms with Crippen molar-refractivity contribution >= 4 is 5.91 Å². The van der Waals surface area contributed by atoms with E-state index in [0.29, 0.717) is 12.8 Å². The summed E-state index contributed by atoms with van der Waals surface area (Å²) in [5.41, 5.74) is 0. The van der Waals surface area contributed by atoms with Gasteiger partial charge in [-0.3, -0.25) is 4.79 Å². The minimum Gasteiger partial charge on any atom is -0.394 e. The molecule has 1 rings (SSSR count). The molecule has 1 heterocycles. The summed E-state index contributed by atoms with van der Waals surface area (Å²) < 4.78 is 11.2. The summed E-state index contributed by atoms with van der Waals surface area (Å²) in [4.78, 5) is 13.0. The molecule has 65 heavy (non-hydrogen) atoms. The largest absolute Gasteiger partial charge is 0.394 e. The Hall–Kier alpha value is -2.63. The molecule has 0 spiro atoms. The second-order valence-electron chi connectivity index (χ2n) is 17.9. The second-order valence-corrected chi connectivity index (χ2v) is 17.9. The van der Waals surface area contributed by atoms with Crippen molar-refractivity contribution in [1.82, 2.24) is 5.32 Å². The van der Waals surface area contributed by atoms with E-state index in [-0.39, 0.29) is 12.5 Å². The van der Waals surface area contributed by atoms with E-state index in [1.54, 1.807) is 6.08 Å². The van der Waals surface area contributed by atoms with Gasteiger partial charge in [0.2, 0.25) is 5.91 Å². The van der Waals surface area contributed by atoms with Crippen LogP contribution in [0.1, 0.15) is 206 Å². The number of carbonyl (C=O) groups is 1. The van der Waals surface area contributed by atoms with Crippen molar-refractivity contribution in [1.29, 1.82) is 0 Å². The summed E-state index contributed by atoms with van der Waals surface area (Å²) in [6, 6.07) is -0.846. The van der Waals surface area contributed by atoms with Crippen molar-refractivity contribution in [2.75, 3.05) is 13.2 Å². The fourth-order valence-electron chi connectivity index (χ4n) is 7.77. The molecule has 1 saturated heterocycles. The Balaban J connectivity index is 2.34. The van der Waals surface area contributed by atoms with Gasteiger partial charge < -0.3 is 40.3 Å². The van der Waals surface area contributed by atoms with E-state index in [4.69, 9.17) is 9.47 Å². The van der Waals surface area contributed by atoms with Crippen molar-refractivity contribution in [2.24, 2.45) is 0 Å². The van der Waals surface area contributed by atoms with E-state index < -0.39 is 49.5 Å². The first kappa shape index (κ1) is 60.4. The second kappa shape index (κ2) is 45.2. The average molecular weight is 912 g/mol. The number of hydrogen-bond donors (Lipinski definition) is 6. The lowest BCUT2D eigenvalue weighted by Gasteiger charge is -2.40. The third kappa shape index (κ3) is 35.2. The van der Waals surface area contributed by atoms with E-state index in [9.17, 15) is 30.3 Å². The Bertz CT molecular complexity index is 1290. The first-order valence-corrected chi connectivity index (χ1v) is 26.3. The fraction of sp³-hybridized carbons (Fsp3) is 0.732. The van der Waals surface area contributed by atoms with Crippen molar-refractivity contribution in [3.05, 3.63) is 85.1 Å². The summed E-state index contributed by atoms with van der Waals surface area (Å²) in [6.45, 7) is 3.62. The van der Waals surface area contributed by atoms with Crippen LogP contribution in [0.2, 0.25) is 0 Å². The van der Waals surface area contributed by atoms with Gasteiger partial charge in [0.25, 0.3) is 0 Å². The highest BCUT2D eigenvalue weighted by Crippen LogP contribution is 2.22. The molecule has 1 amide bonds. The van der Waals surface area contributed by atoms with E-state index in [1.165, 1.54) is 96.3 Å². The zero-order chi connectivity index (χ0) is 47.3. The number of carbonyl (C=O) groups excluding carboxylic acids is 1. The lowest BCUT2D eigenvalue weighted by molar-refractivity contribution is -0.302. The minimum atomic E-state index is -1.58. The standard InChI is InChI=1S/C56H97NO8/c1-3-5-7-9-11-13-15-17-19-21-22-23-24-25-26-27-28-30-31-33-35-37-39-41-43-45-50(59)49(48-64-56-55(63)54(62)53(61)51(47-58)65-56)57-52(60)46-44-42-40-38-36-34-32-29-20-18-16-14-12-10-8-6-4-2/h6,8,12,14,18,20,28,30,32,34-35,37,43,45,49-51,53-56,58-59,61-63H,3-5,7,9-11,13,15-17,19,21-27,29,31,33,36,38-42,44,46-48H2,1-2H3,(H,57,60)/b8-6-,14-12-,20-18-,30-28+,34-32-,37-35+,45-43+. The third-order valence-electron chi connectivity index (χ3n) is 11.9. The highest BCUT2D eigenvalue weighted by molar-refractivity contribution is 5.76. The van der Waals surface area contributed by atoms with Crippen LogP contribution < -0.4 is 5.32 Å². The van der Waals surface area contributed by atoms with Gasteiger partial charge in [0.15, 0.2) is 6.29 Å². The number of unbranched alkanes of at least 4 members (excludes halogenated alkanes) is 21. The molecule has 0 saturated carbocycles. The minimum absolute atomic E-state index is 0.217. The summed E-state index contributed by atoms with van der Waals surface area (Å²) in [6.07, 6.45) is 56.4. The lowest BCUT2D eigenvalue weighted by atomic mass is 9.99. The van der Waals surface area contributed by atoms with Gasteiger partial charge in [0.1, 0.15) is 24.4 Å². The number of amides is 1. The van der Waals surface area contributed by atoms with Crippen LogP contribution in [0.25, 0.3) is 0 Å². The molecule has 0 aromatic rings. The van der Waals surface area contributed by atoms with Gasteiger partial charge in [-0.1, -0.05) is 202 Å². The summed E-state index contributed by atoms with van der Waals surface area (Å²) in [7, 11) is 0. The molecular weight excluding hydrogens is 815 g/mol. The molecule has 0 aliphatic carbocycles. The maximum atomic E-state index is 13.0. The molecule has 6 N–H and O–H groups in total. The fourth-order valence-corrected chi connectivity index (χ4v) is 7.77. The highest BCUT2D eigenvalue weighted by atomic mass is 16.7. The zero-order valence-corrected chi connectivity index (χ0v) is 41.2. The normalized spacial score (nSPS) is 20.6. The van der Waals surface area contributed by atoms with Crippen LogP contribution >= 0.6 is 0 Å². The van der Waals surface area contributed by atoms with Gasteiger partial charge in [-0.05, 0) is 83.5 Å². The molecule has 374 valence electrons. The number of hydrogen-bond acceptors (Lipinski definition) is 8. The number of nitrogens with one attached hydrogen (secondary N) is 1. The van der Waals surface area contributed by atoms with Crippen LogP contribution in [-0.4, -0.2) is 87.5 Å². The smallest absolute Gasteiger partial charge is 0.220 e. The molecule has 1 aliphatic heterocycles. The predicted octanol–water partition coefficient (Wildman–Crippen LogP) is 12.3. The summed E-state index contributed by atoms with van der Waals surface area (Å²) in [5.74, 6) is -0.217. The molecule has 1 aliphatic rings. The predicted molar refractivity (Wildman–Crippen MR) is 271 cm³/mol. The summed E-state index contributed by atoms with van der Waals surface area (Å²) >= 11 is 0. The van der Waals surface area contributed by atoms with Crippen LogP contribution in [0.4, 0.5) is 0 Å². The van der Waals surface area contributed by atoms with Crippen molar-refractivity contribution in [3.8, 4) is 0 Å². The van der Waals surface area contributed by atoms with Crippen LogP contribution in [0.3, 0.4) is 0 Å². The van der Waals surface area contributed by atoms with Gasteiger partial charge in [-0.2, -0.15) is 0 Å². The van der Waals surface area contributed by atoms with E-state index >= 15 is 0 Å². The Kier molecular flexibility index (Phi) is 42.0. The average Bonchev–Trinajstić information content (AvgIpc) is 3.31. The van der Waals surface area contributed by atoms with E-state index in [2.05, 4.69) is 92.1 Å². The molecule has 0 aromatic carbocycles. The molecule has 0 bridgehead atoms. The van der Waals surface area contributed by atoms with Crippen LogP contribution in [0.5, 0.6) is 0 Å². The first-order chi connectivity index (χ1) is 31.8. The topological polar surface area (TPSA) is 149 Å². The zero-order valence-electron chi connectivity index (χ0n) is 41.2. The molecule has 0 aromatic heterocycles. The quantitative estimate of drug-likeness (QED) is 0.0262. The SMILES string of the molecule is CC/C=C\C/C=C\C/C=C\C/C=C\CCCCCCC(=O)NC(COC1OC(CO)C(O)C(O)C1O)C(O)/C=C/CC/C=C/CC/C=C/CCCCCCCCCCCCCCCCC. The molecule has 9 nitrogen and oxygen atoms in total. The first-order valence-electron chi connectivity index (χ1n) is 26.3. The number of rotatable bonds is 43. The third-order valence-corrected chi connectivity index (χ3v) is 11.9. The number of allylic oxidation sites excluding steroid dienone is 13. The number of ether oxygens (including phenoxy) is 2. The van der Waals surface area contributed by atoms with Crippen LogP contribution in [0, 0.1) is 0 Å². The monoisotopic (exact) mass is 912 g/mol. The van der Waals surface area contributed by atoms with Crippen molar-refractivity contribution in [2.45, 2.75) is 249 Å². The van der Waals surface area contributed by atoms with Gasteiger partial charge >= 0.3 is 0 Å². The molecule has 9 heteroatoms. The van der Waals surface area contributed by atoms with Gasteiger partial charge in [0, 0.05) is 6.42 Å². The molecule has 7 unspecified atom stereocenters. The van der Waals surface area contributed by atoms with E-state index in [0.717, 1.165) is 83.5 Å². The van der Waals surface area contributed by atoms with Crippen LogP contribution in [-0.2, 0) is 14.3 Å². The number of aliphatic hydroxyl groups is 5. The number of aliphatic hydroxyl groups excluding tert-OH is 5. The van der Waals surface area contributed by atoms with Crippen molar-refractivity contribution in [3.63, 3.8) is 0 Å². The molecule has 1 fully saturated rings. The summed E-state index contributed by atoms with van der Waals surface area (Å²) in [5, 5.41) is 54.3. The van der Waals surface area contributed by atoms with E-state index in [1.807, 2.05) is 6.08 Å². The Morgan fingerprint density at radius 2 is 0.969 bits per heavy atom. The maximum Gasteiger partial charge on any atom is 0.220 e. The Labute approximate surface area is 397 Å². The van der Waals surface area contributed by atoms with Gasteiger partial charge in [-0.25, -0.2) is 0 Å². The molecule has 0 radical (unpaired) electrons. The Morgan fingerprint density at radius 3 is 1.48 bits per heavy atom. The van der Waals surface area contributed by atoms with Crippen LogP contribution in [0.15, 0.2) is 85.1 Å². The lowest BCUT2D eigenvalue weighted by Crippen LogP contribution is -2.60. The molecular formula is C56H97NO8. The highest BCUT2D eigenvalue weighted by Gasteiger charge is 2.44. The van der Waals surface area contributed by atoms with Gasteiger partial charge in [-0.15, -0.1) is 0 Å². The van der Waals surface area contributed by atoms with Gasteiger partial charge in [0.05, 0.1) is 25.4 Å².